The van der Waals surface area contributed by atoms with Crippen LogP contribution < -0.4 is 16.2 Å². The summed E-state index contributed by atoms with van der Waals surface area (Å²) in [5.74, 6) is -2.85. The molecule has 9 nitrogen and oxygen atoms in total. The number of alkyl halides is 3. The van der Waals surface area contributed by atoms with Gasteiger partial charge >= 0.3 is 12.1 Å². The summed E-state index contributed by atoms with van der Waals surface area (Å²) in [4.78, 5) is 21.6. The third-order valence-electron chi connectivity index (χ3n) is 5.90. The monoisotopic (exact) mass is 562 g/mol. The van der Waals surface area contributed by atoms with E-state index in [2.05, 4.69) is 5.32 Å². The number of aliphatic carboxylic acids is 1. The molecular formula is C26H25F3N4O5S. The lowest BCUT2D eigenvalue weighted by molar-refractivity contribution is -0.192. The van der Waals surface area contributed by atoms with Crippen LogP contribution >= 0.6 is 0 Å². The quantitative estimate of drug-likeness (QED) is 0.224. The van der Waals surface area contributed by atoms with Crippen molar-refractivity contribution in [3.05, 3.63) is 83.4 Å². The van der Waals surface area contributed by atoms with Gasteiger partial charge in [-0.1, -0.05) is 48.0 Å². The predicted octanol–water partition coefficient (Wildman–Crippen LogP) is 3.97. The van der Waals surface area contributed by atoms with Crippen LogP contribution in [0.15, 0.2) is 71.6 Å². The van der Waals surface area contributed by atoms with Crippen LogP contribution in [0, 0.1) is 18.3 Å². The van der Waals surface area contributed by atoms with E-state index >= 15 is 0 Å². The number of carbonyl (C=O) groups is 2. The third-order valence-corrected chi connectivity index (χ3v) is 6.87. The van der Waals surface area contributed by atoms with Gasteiger partial charge in [0, 0.05) is 22.7 Å². The van der Waals surface area contributed by atoms with Crippen LogP contribution in [0.25, 0.3) is 11.1 Å². The van der Waals surface area contributed by atoms with Crippen LogP contribution in [0.1, 0.15) is 29.0 Å². The number of nitrogens with one attached hydrogen (secondary N) is 2. The van der Waals surface area contributed by atoms with Crippen molar-refractivity contribution in [1.29, 1.82) is 5.41 Å². The van der Waals surface area contributed by atoms with Crippen LogP contribution in [0.2, 0.25) is 0 Å². The topological polar surface area (TPSA) is 176 Å². The molecule has 13 heteroatoms. The average molecular weight is 563 g/mol. The van der Waals surface area contributed by atoms with Gasteiger partial charge in [0.2, 0.25) is 15.9 Å². The SMILES string of the molecule is Cc1ccc(S(N)(=O)=O)c(-c2ccc(NC(=O)[C@@H]3C[C@@H]3c3cccc(C(=N)N)c3)cc2)c1.O=C(O)C(F)(F)F. The number of sulfonamides is 1. The molecule has 0 aromatic heterocycles. The van der Waals surface area contributed by atoms with Crippen molar-refractivity contribution < 1.29 is 36.3 Å². The van der Waals surface area contributed by atoms with Crippen molar-refractivity contribution in [1.82, 2.24) is 0 Å². The minimum Gasteiger partial charge on any atom is -0.475 e. The van der Waals surface area contributed by atoms with E-state index in [1.807, 2.05) is 25.1 Å². The Morgan fingerprint density at radius 3 is 2.21 bits per heavy atom. The van der Waals surface area contributed by atoms with Gasteiger partial charge in [-0.3, -0.25) is 10.2 Å². The molecule has 0 unspecified atom stereocenters. The molecule has 0 bridgehead atoms. The van der Waals surface area contributed by atoms with Gasteiger partial charge in [-0.05, 0) is 54.7 Å². The number of nitrogens with two attached hydrogens (primary N) is 2. The maximum Gasteiger partial charge on any atom is 0.490 e. The minimum absolute atomic E-state index is 0.00722. The van der Waals surface area contributed by atoms with Crippen LogP contribution in [0.4, 0.5) is 18.9 Å². The highest BCUT2D eigenvalue weighted by molar-refractivity contribution is 7.89. The molecule has 3 aromatic carbocycles. The van der Waals surface area contributed by atoms with Crippen LogP contribution in [0.3, 0.4) is 0 Å². The van der Waals surface area contributed by atoms with Crippen molar-refractivity contribution >= 4 is 33.4 Å². The highest BCUT2D eigenvalue weighted by Gasteiger charge is 2.44. The minimum atomic E-state index is -5.08. The average Bonchev–Trinajstić information content (AvgIpc) is 3.65. The first-order valence-corrected chi connectivity index (χ1v) is 12.9. The predicted molar refractivity (Wildman–Crippen MR) is 139 cm³/mol. The second-order valence-corrected chi connectivity index (χ2v) is 10.4. The van der Waals surface area contributed by atoms with Crippen LogP contribution in [-0.4, -0.2) is 37.4 Å². The van der Waals surface area contributed by atoms with Gasteiger partial charge in [0.1, 0.15) is 5.84 Å². The first-order chi connectivity index (χ1) is 18.1. The number of carboxylic acids is 1. The Kier molecular flexibility index (Phi) is 8.46. The highest BCUT2D eigenvalue weighted by atomic mass is 32.2. The lowest BCUT2D eigenvalue weighted by atomic mass is 10.0. The summed E-state index contributed by atoms with van der Waals surface area (Å²) in [5.41, 5.74) is 9.98. The van der Waals surface area contributed by atoms with E-state index in [9.17, 15) is 26.4 Å². The Labute approximate surface area is 222 Å². The molecule has 1 aliphatic rings. The van der Waals surface area contributed by atoms with E-state index in [0.717, 1.165) is 17.5 Å². The zero-order valence-corrected chi connectivity index (χ0v) is 21.3. The normalized spacial score (nSPS) is 16.4. The summed E-state index contributed by atoms with van der Waals surface area (Å²) in [6, 6.07) is 19.4. The van der Waals surface area contributed by atoms with E-state index in [1.165, 1.54) is 6.07 Å². The molecule has 0 spiro atoms. The number of halogens is 3. The molecule has 1 amide bonds. The number of amides is 1. The number of nitrogen functional groups attached to an aromatic ring is 1. The van der Waals surface area contributed by atoms with Gasteiger partial charge in [-0.2, -0.15) is 13.2 Å². The van der Waals surface area contributed by atoms with Crippen molar-refractivity contribution in [2.75, 3.05) is 5.32 Å². The molecule has 0 heterocycles. The first kappa shape index (κ1) is 29.3. The molecular weight excluding hydrogens is 537 g/mol. The molecule has 4 rings (SSSR count). The molecule has 0 saturated heterocycles. The largest absolute Gasteiger partial charge is 0.490 e. The molecule has 3 aromatic rings. The second kappa shape index (κ2) is 11.3. The van der Waals surface area contributed by atoms with E-state index in [4.69, 9.17) is 26.2 Å². The first-order valence-electron chi connectivity index (χ1n) is 11.4. The Morgan fingerprint density at radius 1 is 1.05 bits per heavy atom. The van der Waals surface area contributed by atoms with Crippen molar-refractivity contribution in [2.45, 2.75) is 30.3 Å². The zero-order valence-electron chi connectivity index (χ0n) is 20.5. The molecule has 7 N–H and O–H groups in total. The molecule has 0 aliphatic heterocycles. The Bertz CT molecular complexity index is 1520. The number of carboxylic acid groups (broad SMARTS) is 1. The van der Waals surface area contributed by atoms with E-state index in [-0.39, 0.29) is 28.5 Å². The molecule has 39 heavy (non-hydrogen) atoms. The summed E-state index contributed by atoms with van der Waals surface area (Å²) >= 11 is 0. The summed E-state index contributed by atoms with van der Waals surface area (Å²) in [6.07, 6.45) is -4.34. The van der Waals surface area contributed by atoms with Crippen molar-refractivity contribution in [2.24, 2.45) is 16.8 Å². The van der Waals surface area contributed by atoms with Crippen LogP contribution in [-0.2, 0) is 19.6 Å². The van der Waals surface area contributed by atoms with Crippen LogP contribution in [0.5, 0.6) is 0 Å². The fraction of sp³-hybridized carbons (Fsp3) is 0.192. The molecule has 2 atom stereocenters. The number of carbonyl (C=O) groups excluding carboxylic acids is 1. The van der Waals surface area contributed by atoms with Gasteiger partial charge in [0.05, 0.1) is 4.90 Å². The number of anilines is 1. The summed E-state index contributed by atoms with van der Waals surface area (Å²) in [6.45, 7) is 1.88. The number of benzene rings is 3. The number of primary sulfonamides is 1. The number of hydrogen-bond donors (Lipinski definition) is 5. The third kappa shape index (κ3) is 7.65. The van der Waals surface area contributed by atoms with Gasteiger partial charge < -0.3 is 16.2 Å². The lowest BCUT2D eigenvalue weighted by Crippen LogP contribution is -2.21. The van der Waals surface area contributed by atoms with Gasteiger partial charge in [0.25, 0.3) is 0 Å². The number of rotatable bonds is 6. The van der Waals surface area contributed by atoms with Gasteiger partial charge in [0.15, 0.2) is 0 Å². The van der Waals surface area contributed by atoms with E-state index in [0.29, 0.717) is 22.4 Å². The molecule has 0 radical (unpaired) electrons. The number of amidine groups is 1. The van der Waals surface area contributed by atoms with Crippen molar-refractivity contribution in [3.8, 4) is 11.1 Å². The van der Waals surface area contributed by atoms with E-state index in [1.54, 1.807) is 42.5 Å². The Morgan fingerprint density at radius 2 is 1.67 bits per heavy atom. The van der Waals surface area contributed by atoms with Crippen molar-refractivity contribution in [3.63, 3.8) is 0 Å². The number of hydrogen-bond acceptors (Lipinski definition) is 5. The highest BCUT2D eigenvalue weighted by Crippen LogP contribution is 2.48. The number of aryl methyl sites for hydroxylation is 1. The Balaban J connectivity index is 0.000000532. The fourth-order valence-electron chi connectivity index (χ4n) is 3.88. The smallest absolute Gasteiger partial charge is 0.475 e. The van der Waals surface area contributed by atoms with Gasteiger partial charge in [-0.15, -0.1) is 0 Å². The van der Waals surface area contributed by atoms with Gasteiger partial charge in [-0.25, -0.2) is 18.4 Å². The standard InChI is InChI=1S/C24H24N4O3S.C2HF3O2/c1-14-5-10-22(32(27,30)31)20(11-14)15-6-8-18(9-7-15)28-24(29)21-13-19(21)16-3-2-4-17(12-16)23(25)26;3-2(4,5)1(6)7/h2-12,19,21H,13H2,1H3,(H3,25,26)(H,28,29)(H2,27,30,31);(H,6,7)/t19-,21-;/m1./s1. The Hall–Kier alpha value is -4.23. The molecule has 1 saturated carbocycles. The zero-order chi connectivity index (χ0) is 29.1. The summed E-state index contributed by atoms with van der Waals surface area (Å²) in [7, 11) is -3.86. The second-order valence-electron chi connectivity index (χ2n) is 8.90. The fourth-order valence-corrected chi connectivity index (χ4v) is 4.62. The summed E-state index contributed by atoms with van der Waals surface area (Å²) < 4.78 is 55.6. The van der Waals surface area contributed by atoms with E-state index < -0.39 is 22.2 Å². The maximum absolute atomic E-state index is 12.7. The molecule has 1 fully saturated rings. The molecule has 1 aliphatic carbocycles. The molecule has 206 valence electrons. The maximum atomic E-state index is 12.7. The summed E-state index contributed by atoms with van der Waals surface area (Å²) in [5, 5.41) is 23.0. The lowest BCUT2D eigenvalue weighted by Gasteiger charge is -2.11.